The van der Waals surface area contributed by atoms with Crippen LogP contribution < -0.4 is 10.0 Å². The molecule has 0 saturated carbocycles. The Morgan fingerprint density at radius 2 is 1.97 bits per heavy atom. The Hall–Kier alpha value is -2.71. The van der Waals surface area contributed by atoms with Gasteiger partial charge in [0.1, 0.15) is 10.7 Å². The molecule has 0 spiro atoms. The molecule has 2 heterocycles. The molecule has 1 aromatic carbocycles. The molecule has 2 N–H and O–H groups in total. The molecule has 3 aromatic rings. The molecule has 0 aliphatic carbocycles. The van der Waals surface area contributed by atoms with Crippen LogP contribution in [0, 0.1) is 0 Å². The Bertz CT molecular complexity index is 1000. The summed E-state index contributed by atoms with van der Waals surface area (Å²) >= 11 is 0. The molecule has 0 aliphatic rings. The lowest BCUT2D eigenvalue weighted by molar-refractivity contribution is 0.543. The van der Waals surface area contributed by atoms with Gasteiger partial charge in [0.25, 0.3) is 0 Å². The zero-order valence-corrected chi connectivity index (χ0v) is 17.6. The highest BCUT2D eigenvalue weighted by Crippen LogP contribution is 2.14. The standard InChI is InChI=1S/C21H27N5O2S/c1-3-6-17(2)25-29(27,28)20-9-10-21(23-15-20)22-14-18-7-4-8-19(13-18)16-26-12-5-11-24-26/h4-5,7-13,15,17,25H,3,6,14,16H2,1-2H3,(H,22,23). The molecule has 0 fully saturated rings. The molecule has 0 amide bonds. The van der Waals surface area contributed by atoms with Crippen LogP contribution in [-0.4, -0.2) is 29.2 Å². The summed E-state index contributed by atoms with van der Waals surface area (Å²) in [6.07, 6.45) is 6.81. The lowest BCUT2D eigenvalue weighted by Crippen LogP contribution is -2.32. The molecule has 1 unspecified atom stereocenters. The van der Waals surface area contributed by atoms with Crippen molar-refractivity contribution in [1.82, 2.24) is 19.5 Å². The topological polar surface area (TPSA) is 88.9 Å². The lowest BCUT2D eigenvalue weighted by Gasteiger charge is -2.13. The van der Waals surface area contributed by atoms with E-state index in [2.05, 4.69) is 32.3 Å². The van der Waals surface area contributed by atoms with E-state index in [1.807, 2.05) is 42.9 Å². The van der Waals surface area contributed by atoms with Crippen LogP contribution in [0.2, 0.25) is 0 Å². The summed E-state index contributed by atoms with van der Waals surface area (Å²) in [6.45, 7) is 5.21. The van der Waals surface area contributed by atoms with Crippen LogP contribution in [0.15, 0.2) is 66.0 Å². The van der Waals surface area contributed by atoms with E-state index in [0.29, 0.717) is 12.4 Å². The molecule has 0 saturated heterocycles. The van der Waals surface area contributed by atoms with E-state index in [-0.39, 0.29) is 10.9 Å². The molecular formula is C21H27N5O2S. The number of hydrogen-bond donors (Lipinski definition) is 2. The van der Waals surface area contributed by atoms with Crippen molar-refractivity contribution in [1.29, 1.82) is 0 Å². The van der Waals surface area contributed by atoms with Gasteiger partial charge in [0.2, 0.25) is 10.0 Å². The molecule has 2 aromatic heterocycles. The molecule has 0 radical (unpaired) electrons. The average Bonchev–Trinajstić information content (AvgIpc) is 3.20. The lowest BCUT2D eigenvalue weighted by atomic mass is 10.1. The Morgan fingerprint density at radius 1 is 1.14 bits per heavy atom. The second-order valence-electron chi connectivity index (χ2n) is 7.07. The Morgan fingerprint density at radius 3 is 2.66 bits per heavy atom. The van der Waals surface area contributed by atoms with Gasteiger partial charge in [-0.1, -0.05) is 37.6 Å². The van der Waals surface area contributed by atoms with Crippen molar-refractivity contribution in [2.24, 2.45) is 0 Å². The van der Waals surface area contributed by atoms with Gasteiger partial charge in [-0.2, -0.15) is 5.10 Å². The maximum Gasteiger partial charge on any atom is 0.242 e. The zero-order valence-electron chi connectivity index (χ0n) is 16.7. The fraction of sp³-hybridized carbons (Fsp3) is 0.333. The van der Waals surface area contributed by atoms with Crippen LogP contribution in [0.25, 0.3) is 0 Å². The second-order valence-corrected chi connectivity index (χ2v) is 8.78. The van der Waals surface area contributed by atoms with Crippen LogP contribution in [0.4, 0.5) is 5.82 Å². The molecule has 154 valence electrons. The van der Waals surface area contributed by atoms with E-state index in [0.717, 1.165) is 30.5 Å². The summed E-state index contributed by atoms with van der Waals surface area (Å²) in [4.78, 5) is 4.43. The Kier molecular flexibility index (Phi) is 7.00. The van der Waals surface area contributed by atoms with E-state index in [9.17, 15) is 8.42 Å². The van der Waals surface area contributed by atoms with Crippen molar-refractivity contribution >= 4 is 15.8 Å². The number of sulfonamides is 1. The normalized spacial score (nSPS) is 12.6. The highest BCUT2D eigenvalue weighted by molar-refractivity contribution is 7.89. The third kappa shape index (κ3) is 6.13. The van der Waals surface area contributed by atoms with Gasteiger partial charge < -0.3 is 5.32 Å². The van der Waals surface area contributed by atoms with Crippen molar-refractivity contribution in [3.8, 4) is 0 Å². The first-order valence-electron chi connectivity index (χ1n) is 9.74. The maximum atomic E-state index is 12.4. The average molecular weight is 414 g/mol. The minimum absolute atomic E-state index is 0.100. The summed E-state index contributed by atoms with van der Waals surface area (Å²) in [5, 5.41) is 7.47. The van der Waals surface area contributed by atoms with Crippen molar-refractivity contribution in [2.45, 2.75) is 50.7 Å². The van der Waals surface area contributed by atoms with E-state index >= 15 is 0 Å². The number of pyridine rings is 1. The van der Waals surface area contributed by atoms with Gasteiger partial charge in [-0.3, -0.25) is 4.68 Å². The second kappa shape index (κ2) is 9.67. The number of anilines is 1. The summed E-state index contributed by atoms with van der Waals surface area (Å²) in [5.41, 5.74) is 2.28. The van der Waals surface area contributed by atoms with E-state index in [1.54, 1.807) is 18.3 Å². The van der Waals surface area contributed by atoms with Gasteiger partial charge in [0, 0.05) is 31.2 Å². The van der Waals surface area contributed by atoms with Gasteiger partial charge in [0.05, 0.1) is 6.54 Å². The van der Waals surface area contributed by atoms with Gasteiger partial charge in [-0.05, 0) is 42.7 Å². The monoisotopic (exact) mass is 413 g/mol. The number of aromatic nitrogens is 3. The van der Waals surface area contributed by atoms with Crippen LogP contribution in [0.3, 0.4) is 0 Å². The van der Waals surface area contributed by atoms with Crippen LogP contribution >= 0.6 is 0 Å². The maximum absolute atomic E-state index is 12.4. The number of benzene rings is 1. The molecule has 0 aliphatic heterocycles. The van der Waals surface area contributed by atoms with E-state index in [4.69, 9.17) is 0 Å². The van der Waals surface area contributed by atoms with Gasteiger partial charge in [-0.25, -0.2) is 18.1 Å². The molecule has 7 nitrogen and oxygen atoms in total. The predicted molar refractivity (Wildman–Crippen MR) is 114 cm³/mol. The number of hydrogen-bond acceptors (Lipinski definition) is 5. The first-order valence-corrected chi connectivity index (χ1v) is 11.2. The third-order valence-electron chi connectivity index (χ3n) is 4.49. The number of rotatable bonds is 10. The van der Waals surface area contributed by atoms with Gasteiger partial charge >= 0.3 is 0 Å². The summed E-state index contributed by atoms with van der Waals surface area (Å²) < 4.78 is 29.4. The first-order chi connectivity index (χ1) is 14.0. The van der Waals surface area contributed by atoms with Crippen molar-refractivity contribution in [2.75, 3.05) is 5.32 Å². The van der Waals surface area contributed by atoms with Crippen LogP contribution in [0.1, 0.15) is 37.8 Å². The van der Waals surface area contributed by atoms with Crippen molar-refractivity contribution in [3.05, 3.63) is 72.2 Å². The van der Waals surface area contributed by atoms with E-state index in [1.165, 1.54) is 6.20 Å². The minimum Gasteiger partial charge on any atom is -0.366 e. The third-order valence-corrected chi connectivity index (χ3v) is 6.07. The van der Waals surface area contributed by atoms with Gasteiger partial charge in [-0.15, -0.1) is 0 Å². The highest BCUT2D eigenvalue weighted by Gasteiger charge is 2.17. The number of nitrogens with zero attached hydrogens (tertiary/aromatic N) is 3. The van der Waals surface area contributed by atoms with Crippen LogP contribution in [-0.2, 0) is 23.1 Å². The molecule has 1 atom stereocenters. The Labute approximate surface area is 172 Å². The number of nitrogens with one attached hydrogen (secondary N) is 2. The first kappa shape index (κ1) is 21.0. The summed E-state index contributed by atoms with van der Waals surface area (Å²) in [7, 11) is -3.54. The van der Waals surface area contributed by atoms with Crippen molar-refractivity contribution in [3.63, 3.8) is 0 Å². The molecular weight excluding hydrogens is 386 g/mol. The van der Waals surface area contributed by atoms with Crippen LogP contribution in [0.5, 0.6) is 0 Å². The molecule has 0 bridgehead atoms. The summed E-state index contributed by atoms with van der Waals surface area (Å²) in [6, 6.07) is 13.3. The smallest absolute Gasteiger partial charge is 0.242 e. The quantitative estimate of drug-likeness (QED) is 0.532. The van der Waals surface area contributed by atoms with Gasteiger partial charge in [0.15, 0.2) is 0 Å². The summed E-state index contributed by atoms with van der Waals surface area (Å²) in [5.74, 6) is 0.628. The van der Waals surface area contributed by atoms with Crippen molar-refractivity contribution < 1.29 is 8.42 Å². The highest BCUT2D eigenvalue weighted by atomic mass is 32.2. The Balaban J connectivity index is 1.59. The SMILES string of the molecule is CCCC(C)NS(=O)(=O)c1ccc(NCc2cccc(Cn3cccn3)c2)nc1. The molecule has 3 rings (SSSR count). The molecule has 8 heteroatoms. The van der Waals surface area contributed by atoms with E-state index < -0.39 is 10.0 Å². The predicted octanol–water partition coefficient (Wildman–Crippen LogP) is 3.41. The fourth-order valence-electron chi connectivity index (χ4n) is 3.08. The fourth-order valence-corrected chi connectivity index (χ4v) is 4.30. The minimum atomic E-state index is -3.54. The largest absolute Gasteiger partial charge is 0.366 e. The molecule has 29 heavy (non-hydrogen) atoms. The zero-order chi connectivity index (χ0) is 20.7.